The maximum Gasteiger partial charge on any atom is 0.100 e. The molecule has 3 heteroatoms. The van der Waals surface area contributed by atoms with Crippen molar-refractivity contribution in [1.29, 1.82) is 0 Å². The number of rotatable bonds is 2. The lowest BCUT2D eigenvalue weighted by Crippen LogP contribution is -2.15. The Hall–Kier alpha value is -5.15. The zero-order chi connectivity index (χ0) is 27.3. The molecule has 0 atom stereocenters. The fraction of sp³-hybridized carbons (Fsp3) is 0.0789. The first-order chi connectivity index (χ1) is 20.1. The van der Waals surface area contributed by atoms with Crippen LogP contribution >= 0.6 is 0 Å². The van der Waals surface area contributed by atoms with E-state index in [1.807, 2.05) is 12.4 Å². The minimum absolute atomic E-state index is 0.0932. The van der Waals surface area contributed by atoms with Gasteiger partial charge in [0.15, 0.2) is 0 Å². The van der Waals surface area contributed by atoms with E-state index in [9.17, 15) is 0 Å². The highest BCUT2D eigenvalue weighted by atomic mass is 15.1. The van der Waals surface area contributed by atoms with Crippen LogP contribution in [0.4, 0.5) is 0 Å². The topological polar surface area (TPSA) is 22.8 Å². The van der Waals surface area contributed by atoms with E-state index in [1.165, 1.54) is 54.8 Å². The lowest BCUT2D eigenvalue weighted by atomic mass is 9.80. The van der Waals surface area contributed by atoms with E-state index < -0.39 is 0 Å². The molecule has 0 amide bonds. The molecule has 0 saturated heterocycles. The van der Waals surface area contributed by atoms with Gasteiger partial charge in [0.25, 0.3) is 0 Å². The van der Waals surface area contributed by atoms with E-state index >= 15 is 0 Å². The molecule has 0 unspecified atom stereocenters. The van der Waals surface area contributed by atoms with Crippen molar-refractivity contribution in [2.75, 3.05) is 0 Å². The SMILES string of the molecule is CC1(C)c2ccc3c(c2-c2ccc4ccccc4c21)c1ccccc1n3-c1ccc2ncn(-c3ccccc3)c2c1. The van der Waals surface area contributed by atoms with Gasteiger partial charge >= 0.3 is 0 Å². The van der Waals surface area contributed by atoms with Crippen molar-refractivity contribution < 1.29 is 0 Å². The minimum atomic E-state index is -0.0932. The van der Waals surface area contributed by atoms with Gasteiger partial charge in [-0.05, 0) is 75.5 Å². The molecule has 1 aliphatic carbocycles. The van der Waals surface area contributed by atoms with Crippen molar-refractivity contribution in [3.63, 3.8) is 0 Å². The molecule has 41 heavy (non-hydrogen) atoms. The van der Waals surface area contributed by atoms with Crippen LogP contribution in [0.2, 0.25) is 0 Å². The summed E-state index contributed by atoms with van der Waals surface area (Å²) in [6.07, 6.45) is 1.92. The zero-order valence-corrected chi connectivity index (χ0v) is 23.0. The summed E-state index contributed by atoms with van der Waals surface area (Å²) in [5.74, 6) is 0. The summed E-state index contributed by atoms with van der Waals surface area (Å²) < 4.78 is 4.60. The van der Waals surface area contributed by atoms with Crippen molar-refractivity contribution in [2.45, 2.75) is 19.3 Å². The van der Waals surface area contributed by atoms with Crippen LogP contribution in [0, 0.1) is 0 Å². The highest BCUT2D eigenvalue weighted by molar-refractivity contribution is 6.19. The van der Waals surface area contributed by atoms with Crippen molar-refractivity contribution in [2.24, 2.45) is 0 Å². The molecule has 2 aromatic heterocycles. The first kappa shape index (κ1) is 22.6. The Morgan fingerprint density at radius 1 is 0.610 bits per heavy atom. The third-order valence-electron chi connectivity index (χ3n) is 9.16. The Kier molecular flexibility index (Phi) is 4.39. The second-order valence-electron chi connectivity index (χ2n) is 11.7. The highest BCUT2D eigenvalue weighted by Gasteiger charge is 2.38. The molecular weight excluding hydrogens is 498 g/mol. The summed E-state index contributed by atoms with van der Waals surface area (Å²) in [4.78, 5) is 4.71. The third kappa shape index (κ3) is 2.95. The Morgan fingerprint density at radius 3 is 2.27 bits per heavy atom. The van der Waals surface area contributed by atoms with Crippen LogP contribution in [0.25, 0.3) is 66.1 Å². The van der Waals surface area contributed by atoms with Crippen LogP contribution in [-0.2, 0) is 5.41 Å². The minimum Gasteiger partial charge on any atom is -0.309 e. The molecule has 8 aromatic rings. The van der Waals surface area contributed by atoms with Crippen LogP contribution < -0.4 is 0 Å². The number of nitrogens with zero attached hydrogens (tertiary/aromatic N) is 3. The van der Waals surface area contributed by atoms with Crippen LogP contribution in [0.5, 0.6) is 0 Å². The second-order valence-corrected chi connectivity index (χ2v) is 11.7. The van der Waals surface area contributed by atoms with Gasteiger partial charge in [0, 0.05) is 27.6 Å². The van der Waals surface area contributed by atoms with Gasteiger partial charge in [0.1, 0.15) is 6.33 Å². The third-order valence-corrected chi connectivity index (χ3v) is 9.16. The van der Waals surface area contributed by atoms with E-state index in [4.69, 9.17) is 4.98 Å². The molecule has 9 rings (SSSR count). The molecule has 0 spiro atoms. The van der Waals surface area contributed by atoms with E-state index in [2.05, 4.69) is 138 Å². The molecule has 0 N–H and O–H groups in total. The van der Waals surface area contributed by atoms with E-state index in [-0.39, 0.29) is 5.41 Å². The molecule has 6 aromatic carbocycles. The second kappa shape index (κ2) is 7.96. The largest absolute Gasteiger partial charge is 0.309 e. The lowest BCUT2D eigenvalue weighted by molar-refractivity contribution is 0.666. The van der Waals surface area contributed by atoms with Crippen LogP contribution in [0.1, 0.15) is 25.0 Å². The molecule has 0 fully saturated rings. The van der Waals surface area contributed by atoms with E-state index in [0.717, 1.165) is 22.4 Å². The Bertz CT molecular complexity index is 2330. The van der Waals surface area contributed by atoms with Crippen molar-refractivity contribution in [1.82, 2.24) is 14.1 Å². The highest BCUT2D eigenvalue weighted by Crippen LogP contribution is 2.55. The Morgan fingerprint density at radius 2 is 1.39 bits per heavy atom. The smallest absolute Gasteiger partial charge is 0.100 e. The molecule has 2 heterocycles. The van der Waals surface area contributed by atoms with Crippen LogP contribution in [-0.4, -0.2) is 14.1 Å². The average Bonchev–Trinajstić information content (AvgIpc) is 3.66. The summed E-state index contributed by atoms with van der Waals surface area (Å²) in [7, 11) is 0. The van der Waals surface area contributed by atoms with Gasteiger partial charge in [-0.25, -0.2) is 4.98 Å². The zero-order valence-electron chi connectivity index (χ0n) is 23.0. The van der Waals surface area contributed by atoms with Crippen molar-refractivity contribution in [3.8, 4) is 22.5 Å². The molecule has 1 aliphatic rings. The van der Waals surface area contributed by atoms with Gasteiger partial charge < -0.3 is 4.57 Å². The monoisotopic (exact) mass is 525 g/mol. The number of fused-ring (bicyclic) bond motifs is 10. The van der Waals surface area contributed by atoms with Gasteiger partial charge in [0.05, 0.1) is 22.1 Å². The maximum absolute atomic E-state index is 4.71. The average molecular weight is 526 g/mol. The van der Waals surface area contributed by atoms with Crippen molar-refractivity contribution >= 4 is 43.6 Å². The number of para-hydroxylation sites is 2. The fourth-order valence-electron chi connectivity index (χ4n) is 7.36. The van der Waals surface area contributed by atoms with E-state index in [0.29, 0.717) is 0 Å². The summed E-state index contributed by atoms with van der Waals surface area (Å²) in [5.41, 5.74) is 12.2. The molecule has 0 saturated carbocycles. The van der Waals surface area contributed by atoms with Gasteiger partial charge in [-0.15, -0.1) is 0 Å². The quantitative estimate of drug-likeness (QED) is 0.220. The fourth-order valence-corrected chi connectivity index (χ4v) is 7.36. The first-order valence-electron chi connectivity index (χ1n) is 14.2. The summed E-state index contributed by atoms with van der Waals surface area (Å²) in [6.45, 7) is 4.77. The number of aromatic nitrogens is 3. The standard InChI is InChI=1S/C38H27N3/c1-38(2)30-19-21-33-36(35(30)29-18-16-24-10-6-7-13-27(24)37(29)38)28-14-8-9-15-32(28)41(33)26-17-20-31-34(22-26)40(23-39-31)25-11-4-3-5-12-25/h3-23H,1-2H3. The number of hydrogen-bond acceptors (Lipinski definition) is 1. The normalized spacial score (nSPS) is 13.8. The summed E-state index contributed by atoms with van der Waals surface area (Å²) in [5, 5.41) is 5.27. The molecule has 0 radical (unpaired) electrons. The van der Waals surface area contributed by atoms with E-state index in [1.54, 1.807) is 0 Å². The Balaban J connectivity index is 1.37. The van der Waals surface area contributed by atoms with Gasteiger partial charge in [-0.3, -0.25) is 4.57 Å². The predicted octanol–water partition coefficient (Wildman–Crippen LogP) is 9.58. The first-order valence-corrected chi connectivity index (χ1v) is 14.2. The van der Waals surface area contributed by atoms with Gasteiger partial charge in [-0.2, -0.15) is 0 Å². The molecule has 0 bridgehead atoms. The van der Waals surface area contributed by atoms with Gasteiger partial charge in [0.2, 0.25) is 0 Å². The number of benzene rings is 6. The van der Waals surface area contributed by atoms with Crippen LogP contribution in [0.3, 0.4) is 0 Å². The molecule has 3 nitrogen and oxygen atoms in total. The summed E-state index contributed by atoms with van der Waals surface area (Å²) in [6, 6.07) is 44.1. The molecule has 194 valence electrons. The number of imidazole rings is 1. The molecule has 0 aliphatic heterocycles. The lowest BCUT2D eigenvalue weighted by Gasteiger charge is -2.23. The van der Waals surface area contributed by atoms with Crippen molar-refractivity contribution in [3.05, 3.63) is 139 Å². The number of hydrogen-bond donors (Lipinski definition) is 0. The Labute approximate surface area is 237 Å². The predicted molar refractivity (Wildman–Crippen MR) is 170 cm³/mol. The van der Waals surface area contributed by atoms with Crippen LogP contribution in [0.15, 0.2) is 128 Å². The summed E-state index contributed by atoms with van der Waals surface area (Å²) >= 11 is 0. The maximum atomic E-state index is 4.71. The molecular formula is C38H27N3. The van der Waals surface area contributed by atoms with Gasteiger partial charge in [-0.1, -0.05) is 92.7 Å².